The lowest BCUT2D eigenvalue weighted by molar-refractivity contribution is 0.0695. The smallest absolute Gasteiger partial charge is 0.417 e. The van der Waals surface area contributed by atoms with Gasteiger partial charge in [-0.25, -0.2) is 9.59 Å². The van der Waals surface area contributed by atoms with E-state index in [9.17, 15) is 14.7 Å². The Hall–Kier alpha value is -3.42. The van der Waals surface area contributed by atoms with Gasteiger partial charge in [0.15, 0.2) is 0 Å². The standard InChI is InChI=1S/C28H33N3O4.ClH/c1-15(2)13-23-22(14-29)24(20-10-7-16(3)8-11-20)25(19(6)30-23)31-28(34)35-26-17(4)9-12-21(18(26)5)27(32)33;/h7-12,15H,13-14,29H2,1-6H3,(H,31,34)(H,32,33);1H. The number of benzene rings is 2. The summed E-state index contributed by atoms with van der Waals surface area (Å²) in [7, 11) is 0. The van der Waals surface area contributed by atoms with Crippen LogP contribution in [0.15, 0.2) is 36.4 Å². The number of carboxylic acid groups (broad SMARTS) is 1. The number of amides is 1. The number of carbonyl (C=O) groups excluding carboxylic acids is 1. The highest BCUT2D eigenvalue weighted by atomic mass is 35.5. The fraction of sp³-hybridized carbons (Fsp3) is 0.321. The van der Waals surface area contributed by atoms with Gasteiger partial charge in [-0.2, -0.15) is 0 Å². The predicted molar refractivity (Wildman–Crippen MR) is 145 cm³/mol. The number of nitrogens with zero attached hydrogens (tertiary/aromatic N) is 1. The van der Waals surface area contributed by atoms with Gasteiger partial charge < -0.3 is 15.6 Å². The van der Waals surface area contributed by atoms with Crippen LogP contribution in [0.5, 0.6) is 5.75 Å². The molecule has 0 spiro atoms. The summed E-state index contributed by atoms with van der Waals surface area (Å²) < 4.78 is 5.63. The first-order valence-electron chi connectivity index (χ1n) is 11.6. The number of rotatable bonds is 7. The van der Waals surface area contributed by atoms with Crippen LogP contribution in [0.4, 0.5) is 10.5 Å². The Morgan fingerprint density at radius 3 is 2.25 bits per heavy atom. The number of aromatic carboxylic acids is 1. The number of hydrogen-bond donors (Lipinski definition) is 3. The molecule has 192 valence electrons. The van der Waals surface area contributed by atoms with Crippen molar-refractivity contribution in [2.24, 2.45) is 11.7 Å². The van der Waals surface area contributed by atoms with Gasteiger partial charge in [-0.1, -0.05) is 49.7 Å². The number of aromatic nitrogens is 1. The van der Waals surface area contributed by atoms with Crippen molar-refractivity contribution in [1.82, 2.24) is 4.98 Å². The number of nitrogens with two attached hydrogens (primary N) is 1. The Balaban J connectivity index is 0.00000456. The Bertz CT molecular complexity index is 1270. The van der Waals surface area contributed by atoms with Crippen LogP contribution in [-0.2, 0) is 13.0 Å². The monoisotopic (exact) mass is 511 g/mol. The van der Waals surface area contributed by atoms with Gasteiger partial charge in [0.05, 0.1) is 16.9 Å². The van der Waals surface area contributed by atoms with E-state index in [1.165, 1.54) is 6.07 Å². The largest absolute Gasteiger partial charge is 0.478 e. The molecule has 1 amide bonds. The van der Waals surface area contributed by atoms with Gasteiger partial charge in [-0.15, -0.1) is 12.4 Å². The van der Waals surface area contributed by atoms with E-state index in [4.69, 9.17) is 15.5 Å². The molecule has 2 aromatic carbocycles. The lowest BCUT2D eigenvalue weighted by Gasteiger charge is -2.21. The van der Waals surface area contributed by atoms with E-state index in [-0.39, 0.29) is 30.3 Å². The summed E-state index contributed by atoms with van der Waals surface area (Å²) in [6.07, 6.45) is 0.0359. The van der Waals surface area contributed by atoms with Crippen LogP contribution in [-0.4, -0.2) is 22.2 Å². The van der Waals surface area contributed by atoms with Crippen molar-refractivity contribution in [1.29, 1.82) is 0 Å². The zero-order chi connectivity index (χ0) is 25.9. The second-order valence-corrected chi connectivity index (χ2v) is 9.24. The number of pyridine rings is 1. The van der Waals surface area contributed by atoms with E-state index in [2.05, 4.69) is 19.2 Å². The number of carbonyl (C=O) groups is 2. The van der Waals surface area contributed by atoms with Crippen molar-refractivity contribution in [3.05, 3.63) is 75.6 Å². The predicted octanol–water partition coefficient (Wildman–Crippen LogP) is 6.37. The molecule has 8 heteroatoms. The van der Waals surface area contributed by atoms with Crippen LogP contribution in [0.25, 0.3) is 11.1 Å². The van der Waals surface area contributed by atoms with E-state index in [0.717, 1.165) is 34.4 Å². The average molecular weight is 512 g/mol. The lowest BCUT2D eigenvalue weighted by atomic mass is 9.92. The fourth-order valence-corrected chi connectivity index (χ4v) is 4.21. The van der Waals surface area contributed by atoms with Gasteiger partial charge in [0, 0.05) is 23.4 Å². The van der Waals surface area contributed by atoms with E-state index in [0.29, 0.717) is 28.4 Å². The molecule has 7 nitrogen and oxygen atoms in total. The first kappa shape index (κ1) is 28.8. The van der Waals surface area contributed by atoms with E-state index in [1.54, 1.807) is 19.9 Å². The maximum absolute atomic E-state index is 13.1. The maximum Gasteiger partial charge on any atom is 0.417 e. The second-order valence-electron chi connectivity index (χ2n) is 9.24. The molecule has 0 saturated heterocycles. The summed E-state index contributed by atoms with van der Waals surface area (Å²) in [6.45, 7) is 11.8. The van der Waals surface area contributed by atoms with Crippen LogP contribution in [0.2, 0.25) is 0 Å². The van der Waals surface area contributed by atoms with Gasteiger partial charge in [0.1, 0.15) is 5.75 Å². The van der Waals surface area contributed by atoms with Crippen molar-refractivity contribution in [3.63, 3.8) is 0 Å². The van der Waals surface area contributed by atoms with Crippen LogP contribution in [0.1, 0.15) is 57.8 Å². The summed E-state index contributed by atoms with van der Waals surface area (Å²) in [4.78, 5) is 29.4. The molecule has 1 aromatic heterocycles. The van der Waals surface area contributed by atoms with Gasteiger partial charge in [0.25, 0.3) is 0 Å². The molecule has 0 unspecified atom stereocenters. The molecule has 3 aromatic rings. The van der Waals surface area contributed by atoms with Crippen LogP contribution >= 0.6 is 12.4 Å². The van der Waals surface area contributed by atoms with Crippen LogP contribution in [0, 0.1) is 33.6 Å². The average Bonchev–Trinajstić information content (AvgIpc) is 2.78. The van der Waals surface area contributed by atoms with E-state index < -0.39 is 12.1 Å². The van der Waals surface area contributed by atoms with Crippen molar-refractivity contribution >= 4 is 30.2 Å². The van der Waals surface area contributed by atoms with E-state index in [1.807, 2.05) is 38.1 Å². The molecule has 3 rings (SSSR count). The first-order valence-corrected chi connectivity index (χ1v) is 11.6. The second kappa shape index (κ2) is 12.0. The van der Waals surface area contributed by atoms with Crippen LogP contribution < -0.4 is 15.8 Å². The molecule has 36 heavy (non-hydrogen) atoms. The van der Waals surface area contributed by atoms with Gasteiger partial charge >= 0.3 is 12.1 Å². The Morgan fingerprint density at radius 1 is 1.06 bits per heavy atom. The van der Waals surface area contributed by atoms with Gasteiger partial charge in [-0.3, -0.25) is 10.3 Å². The van der Waals surface area contributed by atoms with Crippen molar-refractivity contribution < 1.29 is 19.4 Å². The highest BCUT2D eigenvalue weighted by Gasteiger charge is 2.22. The zero-order valence-electron chi connectivity index (χ0n) is 21.6. The quantitative estimate of drug-likeness (QED) is 0.339. The Labute approximate surface area is 218 Å². The highest BCUT2D eigenvalue weighted by Crippen LogP contribution is 2.36. The SMILES string of the molecule is Cc1ccc(-c2c(CN)c(CC(C)C)nc(C)c2NC(=O)Oc2c(C)ccc(C(=O)O)c2C)cc1.Cl. The van der Waals surface area contributed by atoms with Crippen molar-refractivity contribution in [2.45, 2.75) is 54.5 Å². The van der Waals surface area contributed by atoms with Crippen molar-refractivity contribution in [3.8, 4) is 16.9 Å². The Kier molecular flexibility index (Phi) is 9.62. The third-order valence-corrected chi connectivity index (χ3v) is 5.97. The summed E-state index contributed by atoms with van der Waals surface area (Å²) in [5, 5.41) is 12.3. The topological polar surface area (TPSA) is 115 Å². The zero-order valence-corrected chi connectivity index (χ0v) is 22.4. The number of nitrogens with one attached hydrogen (secondary N) is 1. The highest BCUT2D eigenvalue weighted by molar-refractivity contribution is 5.96. The van der Waals surface area contributed by atoms with Gasteiger partial charge in [-0.05, 0) is 62.8 Å². The molecule has 4 N–H and O–H groups in total. The molecule has 0 fully saturated rings. The maximum atomic E-state index is 13.1. The summed E-state index contributed by atoms with van der Waals surface area (Å²) in [6, 6.07) is 11.2. The molecular weight excluding hydrogens is 478 g/mol. The number of carboxylic acids is 1. The fourth-order valence-electron chi connectivity index (χ4n) is 4.21. The number of ether oxygens (including phenoxy) is 1. The Morgan fingerprint density at radius 2 is 1.69 bits per heavy atom. The van der Waals surface area contributed by atoms with Crippen molar-refractivity contribution in [2.75, 3.05) is 5.32 Å². The number of halogens is 1. The molecule has 0 bridgehead atoms. The number of anilines is 1. The molecule has 0 aliphatic heterocycles. The molecule has 1 heterocycles. The van der Waals surface area contributed by atoms with Crippen LogP contribution in [0.3, 0.4) is 0 Å². The molecule has 0 atom stereocenters. The van der Waals surface area contributed by atoms with E-state index >= 15 is 0 Å². The molecule has 0 radical (unpaired) electrons. The minimum Gasteiger partial charge on any atom is -0.478 e. The first-order chi connectivity index (χ1) is 16.5. The lowest BCUT2D eigenvalue weighted by Crippen LogP contribution is -2.21. The number of hydrogen-bond acceptors (Lipinski definition) is 5. The summed E-state index contributed by atoms with van der Waals surface area (Å²) in [5.74, 6) is -0.475. The minimum absolute atomic E-state index is 0. The minimum atomic E-state index is -1.08. The molecule has 0 saturated carbocycles. The normalized spacial score (nSPS) is 10.7. The summed E-state index contributed by atoms with van der Waals surface area (Å²) in [5.41, 5.74) is 13.2. The molecule has 0 aliphatic carbocycles. The summed E-state index contributed by atoms with van der Waals surface area (Å²) >= 11 is 0. The third kappa shape index (κ3) is 6.22. The van der Waals surface area contributed by atoms with Gasteiger partial charge in [0.2, 0.25) is 0 Å². The molecule has 0 aliphatic rings. The number of aryl methyl sites for hydroxylation is 3. The molecular formula is C28H34ClN3O4. The third-order valence-electron chi connectivity index (χ3n) is 5.97.